The lowest BCUT2D eigenvalue weighted by molar-refractivity contribution is -0.118. The van der Waals surface area contributed by atoms with Crippen molar-refractivity contribution in [3.63, 3.8) is 0 Å². The van der Waals surface area contributed by atoms with Crippen molar-refractivity contribution in [2.45, 2.75) is 19.8 Å². The molecule has 0 spiro atoms. The van der Waals surface area contributed by atoms with Crippen molar-refractivity contribution in [2.24, 2.45) is 0 Å². The summed E-state index contributed by atoms with van der Waals surface area (Å²) in [6.07, 6.45) is 0. The fraction of sp³-hybridized carbons (Fsp3) is 0.417. The molecule has 0 saturated carbocycles. The number of ether oxygens (including phenoxy) is 2. The molecule has 0 radical (unpaired) electrons. The Morgan fingerprint density at radius 2 is 1.71 bits per heavy atom. The van der Waals surface area contributed by atoms with Crippen molar-refractivity contribution in [1.82, 2.24) is 4.90 Å². The Morgan fingerprint density at radius 3 is 2.32 bits per heavy atom. The normalized spacial score (nSPS) is 14.4. The molecular weight excluding hydrogens is 394 g/mol. The number of esters is 1. The Kier molecular flexibility index (Phi) is 7.52. The quantitative estimate of drug-likeness (QED) is 0.686. The largest absolute Gasteiger partial charge is 0.484 e. The zero-order chi connectivity index (χ0) is 22.4. The second kappa shape index (κ2) is 10.3. The maximum absolute atomic E-state index is 12.6. The van der Waals surface area contributed by atoms with Crippen LogP contribution in [0.5, 0.6) is 5.75 Å². The molecule has 2 aromatic rings. The van der Waals surface area contributed by atoms with Crippen LogP contribution in [-0.2, 0) is 9.53 Å². The van der Waals surface area contributed by atoms with Gasteiger partial charge in [0.15, 0.2) is 6.61 Å². The monoisotopic (exact) mass is 425 g/mol. The van der Waals surface area contributed by atoms with Gasteiger partial charge in [-0.1, -0.05) is 26.0 Å². The molecule has 0 unspecified atom stereocenters. The number of nitrogens with one attached hydrogen (secondary N) is 1. The highest BCUT2D eigenvalue weighted by Crippen LogP contribution is 2.29. The number of carbonyl (C=O) groups excluding carboxylic acids is 2. The zero-order valence-electron chi connectivity index (χ0n) is 18.7. The molecule has 31 heavy (non-hydrogen) atoms. The average Bonchev–Trinajstić information content (AvgIpc) is 2.78. The van der Waals surface area contributed by atoms with Crippen LogP contribution in [0, 0.1) is 0 Å². The molecule has 2 aromatic carbocycles. The van der Waals surface area contributed by atoms with Gasteiger partial charge in [-0.05, 0) is 48.9 Å². The molecule has 7 nitrogen and oxygen atoms in total. The molecule has 0 aliphatic carbocycles. The summed E-state index contributed by atoms with van der Waals surface area (Å²) < 4.78 is 10.5. The first kappa shape index (κ1) is 22.6. The van der Waals surface area contributed by atoms with Crippen LogP contribution in [0.25, 0.3) is 0 Å². The molecule has 166 valence electrons. The third-order valence-electron chi connectivity index (χ3n) is 5.45. The van der Waals surface area contributed by atoms with Crippen molar-refractivity contribution >= 4 is 23.3 Å². The van der Waals surface area contributed by atoms with E-state index in [1.165, 1.54) is 12.7 Å². The Bertz CT molecular complexity index is 904. The number of benzene rings is 2. The molecular formula is C24H31N3O4. The van der Waals surface area contributed by atoms with Gasteiger partial charge in [0.1, 0.15) is 5.75 Å². The van der Waals surface area contributed by atoms with Crippen molar-refractivity contribution in [3.8, 4) is 5.75 Å². The maximum Gasteiger partial charge on any atom is 0.337 e. The Labute approximate surface area is 183 Å². The van der Waals surface area contributed by atoms with Crippen LogP contribution in [0.3, 0.4) is 0 Å². The average molecular weight is 426 g/mol. The number of rotatable bonds is 7. The highest BCUT2D eigenvalue weighted by Gasteiger charge is 2.20. The molecule has 1 aliphatic heterocycles. The lowest BCUT2D eigenvalue weighted by atomic mass is 10.0. The summed E-state index contributed by atoms with van der Waals surface area (Å²) in [7, 11) is 3.43. The van der Waals surface area contributed by atoms with Gasteiger partial charge in [-0.2, -0.15) is 0 Å². The van der Waals surface area contributed by atoms with E-state index in [1.54, 1.807) is 12.1 Å². The van der Waals surface area contributed by atoms with E-state index in [4.69, 9.17) is 9.47 Å². The predicted octanol–water partition coefficient (Wildman–Crippen LogP) is 3.37. The van der Waals surface area contributed by atoms with Crippen molar-refractivity contribution in [1.29, 1.82) is 0 Å². The molecule has 0 aromatic heterocycles. The number of likely N-dealkylation sites (N-methyl/N-ethyl adjacent to an activating group) is 1. The van der Waals surface area contributed by atoms with E-state index >= 15 is 0 Å². The molecule has 1 aliphatic rings. The lowest BCUT2D eigenvalue weighted by Gasteiger charge is -2.35. The Morgan fingerprint density at radius 1 is 1.03 bits per heavy atom. The third-order valence-corrected chi connectivity index (χ3v) is 5.45. The zero-order valence-corrected chi connectivity index (χ0v) is 18.7. The van der Waals surface area contributed by atoms with E-state index < -0.39 is 5.97 Å². The predicted molar refractivity (Wildman–Crippen MR) is 122 cm³/mol. The molecule has 1 saturated heterocycles. The summed E-state index contributed by atoms with van der Waals surface area (Å²) in [5, 5.41) is 2.91. The van der Waals surface area contributed by atoms with Gasteiger partial charge in [0, 0.05) is 26.2 Å². The molecule has 1 amide bonds. The van der Waals surface area contributed by atoms with Crippen LogP contribution >= 0.6 is 0 Å². The van der Waals surface area contributed by atoms with Gasteiger partial charge in [0.25, 0.3) is 5.91 Å². The summed E-state index contributed by atoms with van der Waals surface area (Å²) in [5.74, 6) is 0.349. The molecule has 0 atom stereocenters. The highest BCUT2D eigenvalue weighted by atomic mass is 16.5. The molecule has 3 rings (SSSR count). The SMILES string of the molecule is COC(=O)c1ccc(N2CCN(C)CC2)c(NC(=O)COc2ccc(C(C)C)cc2)c1. The summed E-state index contributed by atoms with van der Waals surface area (Å²) in [4.78, 5) is 29.1. The van der Waals surface area contributed by atoms with E-state index in [2.05, 4.69) is 36.0 Å². The lowest BCUT2D eigenvalue weighted by Crippen LogP contribution is -2.44. The van der Waals surface area contributed by atoms with Crippen LogP contribution in [0.4, 0.5) is 11.4 Å². The molecule has 1 heterocycles. The van der Waals surface area contributed by atoms with E-state index in [9.17, 15) is 9.59 Å². The third kappa shape index (κ3) is 5.98. The van der Waals surface area contributed by atoms with Crippen LogP contribution in [0.15, 0.2) is 42.5 Å². The summed E-state index contributed by atoms with van der Waals surface area (Å²) in [6.45, 7) is 7.69. The van der Waals surface area contributed by atoms with E-state index in [1.807, 2.05) is 30.3 Å². The van der Waals surface area contributed by atoms with Gasteiger partial charge < -0.3 is 24.6 Å². The topological polar surface area (TPSA) is 71.1 Å². The first-order valence-electron chi connectivity index (χ1n) is 10.6. The number of nitrogens with zero attached hydrogens (tertiary/aromatic N) is 2. The van der Waals surface area contributed by atoms with Crippen molar-refractivity contribution in [3.05, 3.63) is 53.6 Å². The van der Waals surface area contributed by atoms with Crippen LogP contribution < -0.4 is 15.0 Å². The standard InChI is InChI=1S/C24H31N3O4/c1-17(2)18-5-8-20(9-6-18)31-16-23(28)25-21-15-19(24(29)30-4)7-10-22(21)27-13-11-26(3)12-14-27/h5-10,15,17H,11-14,16H2,1-4H3,(H,25,28). The van der Waals surface area contributed by atoms with Crippen molar-refractivity contribution in [2.75, 3.05) is 57.2 Å². The fourth-order valence-corrected chi connectivity index (χ4v) is 3.49. The molecule has 1 fully saturated rings. The number of anilines is 2. The number of carbonyl (C=O) groups is 2. The van der Waals surface area contributed by atoms with Crippen LogP contribution in [0.1, 0.15) is 35.7 Å². The summed E-state index contributed by atoms with van der Waals surface area (Å²) in [5.41, 5.74) is 3.07. The fourth-order valence-electron chi connectivity index (χ4n) is 3.49. The Hall–Kier alpha value is -3.06. The second-order valence-electron chi connectivity index (χ2n) is 8.07. The van der Waals surface area contributed by atoms with Crippen LogP contribution in [-0.4, -0.2) is 63.7 Å². The van der Waals surface area contributed by atoms with Crippen LogP contribution in [0.2, 0.25) is 0 Å². The minimum absolute atomic E-state index is 0.119. The van der Waals surface area contributed by atoms with Gasteiger partial charge in [-0.25, -0.2) is 4.79 Å². The van der Waals surface area contributed by atoms with Gasteiger partial charge in [-0.15, -0.1) is 0 Å². The first-order valence-corrected chi connectivity index (χ1v) is 10.6. The molecule has 7 heteroatoms. The molecule has 1 N–H and O–H groups in total. The van der Waals surface area contributed by atoms with E-state index in [0.717, 1.165) is 31.9 Å². The summed E-state index contributed by atoms with van der Waals surface area (Å²) in [6, 6.07) is 13.0. The van der Waals surface area contributed by atoms with Gasteiger partial charge in [0.05, 0.1) is 24.0 Å². The van der Waals surface area contributed by atoms with E-state index in [-0.39, 0.29) is 12.5 Å². The van der Waals surface area contributed by atoms with E-state index in [0.29, 0.717) is 22.9 Å². The summed E-state index contributed by atoms with van der Waals surface area (Å²) >= 11 is 0. The number of methoxy groups -OCH3 is 1. The number of hydrogen-bond acceptors (Lipinski definition) is 6. The van der Waals surface area contributed by atoms with Crippen molar-refractivity contribution < 1.29 is 19.1 Å². The van der Waals surface area contributed by atoms with Gasteiger partial charge in [-0.3, -0.25) is 4.79 Å². The minimum atomic E-state index is -0.443. The highest BCUT2D eigenvalue weighted by molar-refractivity contribution is 5.98. The second-order valence-corrected chi connectivity index (χ2v) is 8.07. The Balaban J connectivity index is 1.71. The number of hydrogen-bond donors (Lipinski definition) is 1. The number of amides is 1. The first-order chi connectivity index (χ1) is 14.9. The molecule has 0 bridgehead atoms. The van der Waals surface area contributed by atoms with Gasteiger partial charge in [0.2, 0.25) is 0 Å². The smallest absolute Gasteiger partial charge is 0.337 e. The maximum atomic E-state index is 12.6. The van der Waals surface area contributed by atoms with Gasteiger partial charge >= 0.3 is 5.97 Å². The number of piperazine rings is 1. The minimum Gasteiger partial charge on any atom is -0.484 e.